The summed E-state index contributed by atoms with van der Waals surface area (Å²) in [6, 6.07) is 15.8. The van der Waals surface area contributed by atoms with Gasteiger partial charge in [0.2, 0.25) is 0 Å². The lowest BCUT2D eigenvalue weighted by molar-refractivity contribution is -0.139. The third kappa shape index (κ3) is 6.39. The van der Waals surface area contributed by atoms with Crippen LogP contribution in [0.4, 0.5) is 10.1 Å². The van der Waals surface area contributed by atoms with Crippen molar-refractivity contribution in [2.75, 3.05) is 19.0 Å². The third-order valence-corrected chi connectivity index (χ3v) is 5.41. The number of esters is 1. The zero-order valence-corrected chi connectivity index (χ0v) is 17.9. The summed E-state index contributed by atoms with van der Waals surface area (Å²) in [5.74, 6) is -1.09. The van der Waals surface area contributed by atoms with Crippen LogP contribution in [0.5, 0.6) is 0 Å². The van der Waals surface area contributed by atoms with Gasteiger partial charge in [-0.1, -0.05) is 12.1 Å². The van der Waals surface area contributed by atoms with Crippen LogP contribution in [-0.4, -0.2) is 36.4 Å². The second-order valence-corrected chi connectivity index (χ2v) is 7.53. The number of carbonyl (C=O) groups excluding carboxylic acids is 3. The number of anilines is 1. The fourth-order valence-corrected chi connectivity index (χ4v) is 3.59. The third-order valence-electron chi connectivity index (χ3n) is 4.33. The van der Waals surface area contributed by atoms with Crippen LogP contribution in [0.1, 0.15) is 26.3 Å². The summed E-state index contributed by atoms with van der Waals surface area (Å²) in [6.07, 6.45) is 1.60. The molecule has 3 rings (SSSR count). The van der Waals surface area contributed by atoms with Gasteiger partial charge in [0, 0.05) is 23.2 Å². The van der Waals surface area contributed by atoms with E-state index < -0.39 is 11.9 Å². The number of carbonyl (C=O) groups is 3. The molecule has 0 atom stereocenters. The van der Waals surface area contributed by atoms with Crippen molar-refractivity contribution < 1.29 is 23.5 Å². The summed E-state index contributed by atoms with van der Waals surface area (Å²) in [5.41, 5.74) is 2.15. The predicted molar refractivity (Wildman–Crippen MR) is 119 cm³/mol. The van der Waals surface area contributed by atoms with Gasteiger partial charge in [-0.05, 0) is 54.1 Å². The Bertz CT molecular complexity index is 1100. The Labute approximate surface area is 188 Å². The summed E-state index contributed by atoms with van der Waals surface area (Å²) >= 11 is 1.38. The molecule has 2 aromatic carbocycles. The van der Waals surface area contributed by atoms with E-state index >= 15 is 0 Å². The molecule has 0 unspecified atom stereocenters. The second-order valence-electron chi connectivity index (χ2n) is 6.56. The molecule has 164 valence electrons. The van der Waals surface area contributed by atoms with Crippen molar-refractivity contribution in [3.8, 4) is 0 Å². The smallest absolute Gasteiger partial charge is 0.325 e. The van der Waals surface area contributed by atoms with E-state index in [1.54, 1.807) is 42.6 Å². The predicted octanol–water partition coefficient (Wildman–Crippen LogP) is 3.67. The highest BCUT2D eigenvalue weighted by molar-refractivity contribution is 7.98. The van der Waals surface area contributed by atoms with E-state index in [1.807, 2.05) is 0 Å². The maximum atomic E-state index is 13.1. The SMILES string of the molecule is COC(=O)CNC(=O)c1ccc(NC(=O)c2cccnc2SCc2ccc(F)cc2)cc1. The topological polar surface area (TPSA) is 97.4 Å². The number of hydrogen-bond donors (Lipinski definition) is 2. The van der Waals surface area contributed by atoms with Crippen LogP contribution in [0.3, 0.4) is 0 Å². The summed E-state index contributed by atoms with van der Waals surface area (Å²) in [5, 5.41) is 5.77. The molecule has 0 spiro atoms. The lowest BCUT2D eigenvalue weighted by Crippen LogP contribution is -2.30. The number of nitrogens with zero attached hydrogens (tertiary/aromatic N) is 1. The Morgan fingerprint density at radius 3 is 2.41 bits per heavy atom. The Kier molecular flexibility index (Phi) is 7.93. The highest BCUT2D eigenvalue weighted by Gasteiger charge is 2.14. The highest BCUT2D eigenvalue weighted by atomic mass is 32.2. The molecule has 7 nitrogen and oxygen atoms in total. The van der Waals surface area contributed by atoms with E-state index in [1.165, 1.54) is 43.1 Å². The Morgan fingerprint density at radius 1 is 1.00 bits per heavy atom. The maximum Gasteiger partial charge on any atom is 0.325 e. The number of pyridine rings is 1. The van der Waals surface area contributed by atoms with Crippen LogP contribution in [0.25, 0.3) is 0 Å². The van der Waals surface area contributed by atoms with Crippen LogP contribution in [0, 0.1) is 5.82 Å². The van der Waals surface area contributed by atoms with Crippen molar-refractivity contribution in [3.63, 3.8) is 0 Å². The molecular formula is C23H20FN3O4S. The van der Waals surface area contributed by atoms with Gasteiger partial charge >= 0.3 is 5.97 Å². The van der Waals surface area contributed by atoms with E-state index in [2.05, 4.69) is 20.4 Å². The molecule has 0 aliphatic rings. The van der Waals surface area contributed by atoms with Crippen molar-refractivity contribution in [1.29, 1.82) is 0 Å². The van der Waals surface area contributed by atoms with Crippen LogP contribution in [0.15, 0.2) is 71.9 Å². The van der Waals surface area contributed by atoms with Gasteiger partial charge in [0.15, 0.2) is 0 Å². The normalized spacial score (nSPS) is 10.3. The van der Waals surface area contributed by atoms with Gasteiger partial charge in [0.25, 0.3) is 11.8 Å². The highest BCUT2D eigenvalue weighted by Crippen LogP contribution is 2.25. The van der Waals surface area contributed by atoms with Gasteiger partial charge < -0.3 is 15.4 Å². The first kappa shape index (κ1) is 23.0. The standard InChI is InChI=1S/C23H20FN3O4S/c1-31-20(28)13-26-21(29)16-6-10-18(11-7-16)27-22(30)19-3-2-12-25-23(19)32-14-15-4-8-17(24)9-5-15/h2-12H,13-14H2,1H3,(H,26,29)(H,27,30). The van der Waals surface area contributed by atoms with Gasteiger partial charge in [0.1, 0.15) is 17.4 Å². The Morgan fingerprint density at radius 2 is 1.72 bits per heavy atom. The summed E-state index contributed by atoms with van der Waals surface area (Å²) < 4.78 is 17.5. The second kappa shape index (κ2) is 11.1. The number of amides is 2. The fraction of sp³-hybridized carbons (Fsp3) is 0.130. The number of hydrogen-bond acceptors (Lipinski definition) is 6. The lowest BCUT2D eigenvalue weighted by Gasteiger charge is -2.10. The molecule has 0 aliphatic carbocycles. The average molecular weight is 453 g/mol. The van der Waals surface area contributed by atoms with E-state index in [9.17, 15) is 18.8 Å². The zero-order valence-electron chi connectivity index (χ0n) is 17.1. The number of ether oxygens (including phenoxy) is 1. The molecule has 2 amide bonds. The van der Waals surface area contributed by atoms with Crippen LogP contribution >= 0.6 is 11.8 Å². The largest absolute Gasteiger partial charge is 0.468 e. The van der Waals surface area contributed by atoms with Gasteiger partial charge in [-0.25, -0.2) is 9.37 Å². The van der Waals surface area contributed by atoms with Crippen molar-refractivity contribution in [2.24, 2.45) is 0 Å². The molecule has 3 aromatic rings. The van der Waals surface area contributed by atoms with Crippen molar-refractivity contribution in [1.82, 2.24) is 10.3 Å². The molecule has 1 heterocycles. The molecule has 1 aromatic heterocycles. The van der Waals surface area contributed by atoms with Gasteiger partial charge in [-0.15, -0.1) is 11.8 Å². The van der Waals surface area contributed by atoms with Gasteiger partial charge in [-0.3, -0.25) is 14.4 Å². The van der Waals surface area contributed by atoms with E-state index in [0.29, 0.717) is 27.6 Å². The first-order valence-electron chi connectivity index (χ1n) is 9.55. The molecule has 0 fully saturated rings. The molecule has 0 radical (unpaired) electrons. The summed E-state index contributed by atoms with van der Waals surface area (Å²) in [7, 11) is 1.24. The van der Waals surface area contributed by atoms with Crippen molar-refractivity contribution >= 4 is 35.2 Å². The van der Waals surface area contributed by atoms with E-state index in [-0.39, 0.29) is 18.3 Å². The molecule has 32 heavy (non-hydrogen) atoms. The molecule has 0 saturated carbocycles. The molecule has 9 heteroatoms. The van der Waals surface area contributed by atoms with E-state index in [0.717, 1.165) is 5.56 Å². The number of methoxy groups -OCH3 is 1. The first-order valence-corrected chi connectivity index (χ1v) is 10.5. The monoisotopic (exact) mass is 453 g/mol. The van der Waals surface area contributed by atoms with Crippen LogP contribution in [0.2, 0.25) is 0 Å². The quantitative estimate of drug-likeness (QED) is 0.399. The minimum atomic E-state index is -0.549. The van der Waals surface area contributed by atoms with Gasteiger partial charge in [0.05, 0.1) is 12.7 Å². The minimum absolute atomic E-state index is 0.229. The number of benzene rings is 2. The Hall–Kier alpha value is -3.72. The summed E-state index contributed by atoms with van der Waals surface area (Å²) in [4.78, 5) is 40.2. The zero-order chi connectivity index (χ0) is 22.9. The first-order chi connectivity index (χ1) is 15.5. The maximum absolute atomic E-state index is 13.1. The van der Waals surface area contributed by atoms with Crippen LogP contribution in [-0.2, 0) is 15.3 Å². The number of halogens is 1. The Balaban J connectivity index is 1.62. The minimum Gasteiger partial charge on any atom is -0.468 e. The van der Waals surface area contributed by atoms with Crippen molar-refractivity contribution in [2.45, 2.75) is 10.8 Å². The number of thioether (sulfide) groups is 1. The molecular weight excluding hydrogens is 433 g/mol. The molecule has 2 N–H and O–H groups in total. The van der Waals surface area contributed by atoms with Crippen molar-refractivity contribution in [3.05, 3.63) is 89.4 Å². The number of nitrogens with one attached hydrogen (secondary N) is 2. The van der Waals surface area contributed by atoms with Gasteiger partial charge in [-0.2, -0.15) is 0 Å². The lowest BCUT2D eigenvalue weighted by atomic mass is 10.2. The molecule has 0 bridgehead atoms. The van der Waals surface area contributed by atoms with Crippen LogP contribution < -0.4 is 10.6 Å². The fourth-order valence-electron chi connectivity index (χ4n) is 2.64. The van der Waals surface area contributed by atoms with E-state index in [4.69, 9.17) is 0 Å². The number of rotatable bonds is 8. The molecule has 0 saturated heterocycles. The number of aromatic nitrogens is 1. The average Bonchev–Trinajstić information content (AvgIpc) is 2.82. The molecule has 0 aliphatic heterocycles. The summed E-state index contributed by atoms with van der Waals surface area (Å²) in [6.45, 7) is -0.229.